The summed E-state index contributed by atoms with van der Waals surface area (Å²) in [6.45, 7) is 0. The van der Waals surface area contributed by atoms with Crippen molar-refractivity contribution >= 4 is 43.6 Å². The Morgan fingerprint density at radius 2 is 0.830 bits per heavy atom. The van der Waals surface area contributed by atoms with Crippen LogP contribution in [0.3, 0.4) is 0 Å². The Hall–Kier alpha value is -6.64. The predicted molar refractivity (Wildman–Crippen MR) is 220 cm³/mol. The molecule has 53 heavy (non-hydrogen) atoms. The van der Waals surface area contributed by atoms with Crippen molar-refractivity contribution in [2.45, 2.75) is 18.3 Å². The van der Waals surface area contributed by atoms with Gasteiger partial charge < -0.3 is 9.13 Å². The zero-order valence-corrected chi connectivity index (χ0v) is 29.1. The van der Waals surface area contributed by atoms with Gasteiger partial charge in [0.05, 0.1) is 27.5 Å². The Morgan fingerprint density at radius 3 is 1.47 bits per heavy atom. The molecule has 0 bridgehead atoms. The van der Waals surface area contributed by atoms with Crippen LogP contribution in [0.5, 0.6) is 0 Å². The summed E-state index contributed by atoms with van der Waals surface area (Å²) in [4.78, 5) is 0. The molecule has 2 heteroatoms. The minimum Gasteiger partial charge on any atom is -0.307 e. The molecule has 0 saturated carbocycles. The topological polar surface area (TPSA) is 9.86 Å². The van der Waals surface area contributed by atoms with Crippen molar-refractivity contribution in [3.63, 3.8) is 0 Å². The maximum Gasteiger partial charge on any atom is 0.0788 e. The smallest absolute Gasteiger partial charge is 0.0788 e. The van der Waals surface area contributed by atoms with Crippen molar-refractivity contribution in [3.05, 3.63) is 215 Å². The van der Waals surface area contributed by atoms with Crippen LogP contribution in [0.25, 0.3) is 66.1 Å². The molecule has 0 amide bonds. The maximum atomic E-state index is 2.54. The SMILES string of the molecule is c1ccc(-n2c3ccccc3c3ccc4c5ccccc5n(-c5ccc6c(c5)-c5ccccc5C65c6ccccc6CCc6ccccc65)c4c32)cc1. The average Bonchev–Trinajstić information content (AvgIpc) is 3.81. The first kappa shape index (κ1) is 29.0. The van der Waals surface area contributed by atoms with E-state index in [1.165, 1.54) is 99.5 Å². The lowest BCUT2D eigenvalue weighted by atomic mass is 9.66. The van der Waals surface area contributed by atoms with E-state index >= 15 is 0 Å². The fourth-order valence-electron chi connectivity index (χ4n) is 10.2. The molecule has 2 aliphatic carbocycles. The number of aryl methyl sites for hydroxylation is 2. The zero-order chi connectivity index (χ0) is 34.7. The van der Waals surface area contributed by atoms with Gasteiger partial charge in [0.15, 0.2) is 0 Å². The third kappa shape index (κ3) is 3.72. The summed E-state index contributed by atoms with van der Waals surface area (Å²) in [5.41, 5.74) is 17.9. The van der Waals surface area contributed by atoms with E-state index in [0.717, 1.165) is 12.8 Å². The minimum atomic E-state index is -0.387. The third-order valence-corrected chi connectivity index (χ3v) is 12.3. The van der Waals surface area contributed by atoms with Gasteiger partial charge in [0.1, 0.15) is 0 Å². The van der Waals surface area contributed by atoms with Gasteiger partial charge in [-0.3, -0.25) is 0 Å². The van der Waals surface area contributed by atoms with Crippen LogP contribution in [0.2, 0.25) is 0 Å². The first-order valence-electron chi connectivity index (χ1n) is 18.7. The van der Waals surface area contributed by atoms with E-state index in [-0.39, 0.29) is 5.41 Å². The molecule has 0 saturated heterocycles. The van der Waals surface area contributed by atoms with E-state index in [9.17, 15) is 0 Å². The first-order chi connectivity index (χ1) is 26.3. The molecule has 0 fully saturated rings. The van der Waals surface area contributed by atoms with Gasteiger partial charge in [-0.05, 0) is 93.7 Å². The van der Waals surface area contributed by atoms with Crippen molar-refractivity contribution in [1.82, 2.24) is 9.13 Å². The molecule has 2 aliphatic rings. The van der Waals surface area contributed by atoms with Crippen LogP contribution < -0.4 is 0 Å². The lowest BCUT2D eigenvalue weighted by Crippen LogP contribution is -2.29. The monoisotopic (exact) mass is 674 g/mol. The Balaban J connectivity index is 1.22. The second-order valence-corrected chi connectivity index (χ2v) is 14.7. The lowest BCUT2D eigenvalue weighted by molar-refractivity contribution is 0.762. The van der Waals surface area contributed by atoms with Crippen LogP contribution in [0, 0.1) is 0 Å². The Labute approximate surface area is 307 Å². The summed E-state index contributed by atoms with van der Waals surface area (Å²) in [5, 5.41) is 5.05. The van der Waals surface area contributed by atoms with Gasteiger partial charge in [0, 0.05) is 32.9 Å². The summed E-state index contributed by atoms with van der Waals surface area (Å²) in [7, 11) is 0. The second kappa shape index (κ2) is 10.7. The van der Waals surface area contributed by atoms with Gasteiger partial charge in [-0.2, -0.15) is 0 Å². The third-order valence-electron chi connectivity index (χ3n) is 12.3. The van der Waals surface area contributed by atoms with E-state index in [1.807, 2.05) is 0 Å². The number of nitrogens with zero attached hydrogens (tertiary/aromatic N) is 2. The van der Waals surface area contributed by atoms with Crippen LogP contribution in [0.15, 0.2) is 182 Å². The van der Waals surface area contributed by atoms with E-state index in [4.69, 9.17) is 0 Å². The molecule has 2 heterocycles. The van der Waals surface area contributed by atoms with Crippen LogP contribution in [0.4, 0.5) is 0 Å². The van der Waals surface area contributed by atoms with E-state index in [0.29, 0.717) is 0 Å². The molecule has 12 rings (SSSR count). The Kier molecular flexibility index (Phi) is 5.85. The highest BCUT2D eigenvalue weighted by Gasteiger charge is 2.48. The molecule has 8 aromatic carbocycles. The van der Waals surface area contributed by atoms with Gasteiger partial charge in [-0.25, -0.2) is 0 Å². The number of rotatable bonds is 2. The second-order valence-electron chi connectivity index (χ2n) is 14.7. The van der Waals surface area contributed by atoms with Gasteiger partial charge in [0.2, 0.25) is 0 Å². The summed E-state index contributed by atoms with van der Waals surface area (Å²) >= 11 is 0. The van der Waals surface area contributed by atoms with E-state index in [1.54, 1.807) is 0 Å². The highest BCUT2D eigenvalue weighted by atomic mass is 15.0. The Bertz CT molecular complexity index is 3070. The predicted octanol–water partition coefficient (Wildman–Crippen LogP) is 12.3. The molecule has 0 radical (unpaired) electrons. The number of hydrogen-bond acceptors (Lipinski definition) is 0. The van der Waals surface area contributed by atoms with Crippen molar-refractivity contribution in [1.29, 1.82) is 0 Å². The van der Waals surface area contributed by atoms with Gasteiger partial charge in [-0.15, -0.1) is 0 Å². The number of hydrogen-bond donors (Lipinski definition) is 0. The van der Waals surface area contributed by atoms with Crippen LogP contribution >= 0.6 is 0 Å². The molecule has 0 aliphatic heterocycles. The normalized spacial score (nSPS) is 14.0. The molecule has 10 aromatic rings. The summed E-state index contributed by atoms with van der Waals surface area (Å²) in [6.07, 6.45) is 2.08. The zero-order valence-electron chi connectivity index (χ0n) is 29.1. The molecule has 2 aromatic heterocycles. The van der Waals surface area contributed by atoms with E-state index in [2.05, 4.69) is 191 Å². The largest absolute Gasteiger partial charge is 0.307 e. The first-order valence-corrected chi connectivity index (χ1v) is 18.7. The highest BCUT2D eigenvalue weighted by molar-refractivity contribution is 6.23. The van der Waals surface area contributed by atoms with Crippen LogP contribution in [-0.4, -0.2) is 9.13 Å². The van der Waals surface area contributed by atoms with Crippen molar-refractivity contribution < 1.29 is 0 Å². The number of benzene rings is 8. The lowest BCUT2D eigenvalue weighted by Gasteiger charge is -2.35. The Morgan fingerprint density at radius 1 is 0.340 bits per heavy atom. The molecule has 0 unspecified atom stereocenters. The quantitative estimate of drug-likeness (QED) is 0.173. The van der Waals surface area contributed by atoms with Crippen molar-refractivity contribution in [2.75, 3.05) is 0 Å². The van der Waals surface area contributed by atoms with Crippen LogP contribution in [-0.2, 0) is 18.3 Å². The summed E-state index contributed by atoms with van der Waals surface area (Å²) in [5.74, 6) is 0. The molecule has 2 nitrogen and oxygen atoms in total. The maximum absolute atomic E-state index is 2.54. The molecule has 0 atom stereocenters. The van der Waals surface area contributed by atoms with Gasteiger partial charge >= 0.3 is 0 Å². The number of para-hydroxylation sites is 3. The number of aromatic nitrogens is 2. The van der Waals surface area contributed by atoms with Gasteiger partial charge in [0.25, 0.3) is 0 Å². The highest BCUT2D eigenvalue weighted by Crippen LogP contribution is 2.59. The molecule has 0 N–H and O–H groups in total. The molecular formula is C51H34N2. The average molecular weight is 675 g/mol. The minimum absolute atomic E-state index is 0.387. The standard InChI is InChI=1S/C51H34N2/c1-2-16-35(17-3-1)52-47-24-12-7-19-38(47)40-29-30-41-39-20-8-13-25-48(39)53(50(41)49(40)52)36-28-31-46-42(32-36)37-18-6-11-23-45(37)51(46)43-21-9-4-14-33(43)26-27-34-15-5-10-22-44(34)51/h1-25,28-32H,26-27H2. The fraction of sp³-hybridized carbons (Fsp3) is 0.0588. The fourth-order valence-corrected chi connectivity index (χ4v) is 10.2. The van der Waals surface area contributed by atoms with Crippen LogP contribution in [0.1, 0.15) is 33.4 Å². The van der Waals surface area contributed by atoms with Gasteiger partial charge in [-0.1, -0.05) is 146 Å². The molecular weight excluding hydrogens is 641 g/mol. The van der Waals surface area contributed by atoms with Crippen molar-refractivity contribution in [3.8, 4) is 22.5 Å². The summed E-state index contributed by atoms with van der Waals surface area (Å²) < 4.78 is 5.01. The summed E-state index contributed by atoms with van der Waals surface area (Å²) in [6, 6.07) is 68.2. The van der Waals surface area contributed by atoms with Crippen molar-refractivity contribution in [2.24, 2.45) is 0 Å². The number of fused-ring (bicyclic) bond motifs is 16. The van der Waals surface area contributed by atoms with E-state index < -0.39 is 0 Å². The molecule has 248 valence electrons. The molecule has 1 spiro atoms.